The van der Waals surface area contributed by atoms with Gasteiger partial charge in [-0.05, 0) is 43.2 Å². The van der Waals surface area contributed by atoms with Crippen LogP contribution in [0.3, 0.4) is 0 Å². The van der Waals surface area contributed by atoms with Gasteiger partial charge in [-0.25, -0.2) is 0 Å². The van der Waals surface area contributed by atoms with Crippen LogP contribution in [-0.2, 0) is 4.79 Å². The number of anilines is 1. The van der Waals surface area contributed by atoms with E-state index in [9.17, 15) is 4.79 Å². The Morgan fingerprint density at radius 1 is 1.14 bits per heavy atom. The Balaban J connectivity index is 2.12. The van der Waals surface area contributed by atoms with E-state index in [1.54, 1.807) is 13.2 Å². The van der Waals surface area contributed by atoms with E-state index in [0.717, 1.165) is 28.1 Å². The molecule has 0 saturated heterocycles. The molecule has 0 heterocycles. The molecule has 2 aromatic rings. The molecular weight excluding hydrogens is 264 g/mol. The van der Waals surface area contributed by atoms with Crippen LogP contribution < -0.4 is 15.8 Å². The fraction of sp³-hybridized carbons (Fsp3) is 0.235. The van der Waals surface area contributed by atoms with Gasteiger partial charge in [-0.1, -0.05) is 29.8 Å². The molecule has 1 amide bonds. The molecule has 21 heavy (non-hydrogen) atoms. The highest BCUT2D eigenvalue weighted by Crippen LogP contribution is 2.22. The molecule has 3 N–H and O–H groups in total. The Morgan fingerprint density at radius 3 is 2.38 bits per heavy atom. The Morgan fingerprint density at radius 2 is 1.81 bits per heavy atom. The van der Waals surface area contributed by atoms with E-state index < -0.39 is 6.04 Å². The van der Waals surface area contributed by atoms with E-state index in [-0.39, 0.29) is 5.91 Å². The Bertz CT molecular complexity index is 636. The standard InChI is InChI=1S/C17H20N2O2/c1-11-4-6-13(7-5-11)16(18)17(20)19-15-9-8-14(21-3)10-12(15)2/h4-10,16H,18H2,1-3H3,(H,19,20). The van der Waals surface area contributed by atoms with Gasteiger partial charge in [-0.3, -0.25) is 4.79 Å². The second-order valence-electron chi connectivity index (χ2n) is 5.06. The minimum absolute atomic E-state index is 0.230. The number of nitrogens with two attached hydrogens (primary N) is 1. The van der Waals surface area contributed by atoms with Crippen LogP contribution in [0.4, 0.5) is 5.69 Å². The normalized spacial score (nSPS) is 11.8. The summed E-state index contributed by atoms with van der Waals surface area (Å²) in [4.78, 5) is 12.2. The lowest BCUT2D eigenvalue weighted by molar-refractivity contribution is -0.117. The molecular formula is C17H20N2O2. The van der Waals surface area contributed by atoms with Crippen molar-refractivity contribution in [2.75, 3.05) is 12.4 Å². The van der Waals surface area contributed by atoms with Gasteiger partial charge in [0.25, 0.3) is 0 Å². The number of ether oxygens (including phenoxy) is 1. The topological polar surface area (TPSA) is 64.3 Å². The number of nitrogens with one attached hydrogen (secondary N) is 1. The third-order valence-corrected chi connectivity index (χ3v) is 3.41. The molecule has 1 atom stereocenters. The first-order chi connectivity index (χ1) is 10.0. The molecule has 2 aromatic carbocycles. The zero-order chi connectivity index (χ0) is 15.4. The summed E-state index contributed by atoms with van der Waals surface area (Å²) in [5.74, 6) is 0.528. The van der Waals surface area contributed by atoms with Gasteiger partial charge in [0.15, 0.2) is 0 Å². The van der Waals surface area contributed by atoms with Gasteiger partial charge in [0.05, 0.1) is 7.11 Å². The molecule has 0 aliphatic rings. The molecule has 2 rings (SSSR count). The number of carbonyl (C=O) groups is 1. The van der Waals surface area contributed by atoms with E-state index in [4.69, 9.17) is 10.5 Å². The maximum atomic E-state index is 12.2. The van der Waals surface area contributed by atoms with Crippen LogP contribution in [-0.4, -0.2) is 13.0 Å². The number of benzene rings is 2. The number of methoxy groups -OCH3 is 1. The second-order valence-corrected chi connectivity index (χ2v) is 5.06. The lowest BCUT2D eigenvalue weighted by Crippen LogP contribution is -2.28. The largest absolute Gasteiger partial charge is 0.497 e. The number of amides is 1. The monoisotopic (exact) mass is 284 g/mol. The second kappa shape index (κ2) is 6.41. The summed E-state index contributed by atoms with van der Waals surface area (Å²) < 4.78 is 5.15. The zero-order valence-corrected chi connectivity index (χ0v) is 12.5. The van der Waals surface area contributed by atoms with Crippen molar-refractivity contribution < 1.29 is 9.53 Å². The van der Waals surface area contributed by atoms with Crippen LogP contribution in [0.1, 0.15) is 22.7 Å². The first-order valence-electron chi connectivity index (χ1n) is 6.79. The van der Waals surface area contributed by atoms with Gasteiger partial charge in [-0.2, -0.15) is 0 Å². The van der Waals surface area contributed by atoms with Crippen LogP contribution >= 0.6 is 0 Å². The van der Waals surface area contributed by atoms with Gasteiger partial charge >= 0.3 is 0 Å². The summed E-state index contributed by atoms with van der Waals surface area (Å²) in [6.45, 7) is 3.91. The van der Waals surface area contributed by atoms with Crippen molar-refractivity contribution in [3.05, 3.63) is 59.2 Å². The fourth-order valence-corrected chi connectivity index (χ4v) is 2.04. The van der Waals surface area contributed by atoms with Crippen molar-refractivity contribution >= 4 is 11.6 Å². The van der Waals surface area contributed by atoms with Crippen LogP contribution in [0, 0.1) is 13.8 Å². The number of rotatable bonds is 4. The van der Waals surface area contributed by atoms with Gasteiger partial charge in [-0.15, -0.1) is 0 Å². The highest BCUT2D eigenvalue weighted by Gasteiger charge is 2.16. The highest BCUT2D eigenvalue weighted by atomic mass is 16.5. The zero-order valence-electron chi connectivity index (χ0n) is 12.5. The van der Waals surface area contributed by atoms with E-state index in [2.05, 4.69) is 5.32 Å². The molecule has 4 nitrogen and oxygen atoms in total. The molecule has 0 bridgehead atoms. The molecule has 1 unspecified atom stereocenters. The molecule has 0 saturated carbocycles. The first-order valence-corrected chi connectivity index (χ1v) is 6.79. The van der Waals surface area contributed by atoms with Crippen LogP contribution in [0.15, 0.2) is 42.5 Å². The van der Waals surface area contributed by atoms with Gasteiger partial charge in [0.1, 0.15) is 11.8 Å². The summed E-state index contributed by atoms with van der Waals surface area (Å²) in [5, 5.41) is 2.85. The molecule has 0 aliphatic heterocycles. The number of aryl methyl sites for hydroxylation is 2. The fourth-order valence-electron chi connectivity index (χ4n) is 2.04. The number of hydrogen-bond donors (Lipinski definition) is 2. The van der Waals surface area contributed by atoms with E-state index in [1.165, 1.54) is 0 Å². The average Bonchev–Trinajstić information content (AvgIpc) is 2.49. The third kappa shape index (κ3) is 3.61. The summed E-state index contributed by atoms with van der Waals surface area (Å²) in [7, 11) is 1.61. The molecule has 0 radical (unpaired) electrons. The quantitative estimate of drug-likeness (QED) is 0.907. The predicted molar refractivity (Wildman–Crippen MR) is 84.5 cm³/mol. The van der Waals surface area contributed by atoms with Crippen LogP contribution in [0.2, 0.25) is 0 Å². The van der Waals surface area contributed by atoms with E-state index in [0.29, 0.717) is 0 Å². The summed E-state index contributed by atoms with van der Waals surface area (Å²) in [6, 6.07) is 12.4. The van der Waals surface area contributed by atoms with Crippen molar-refractivity contribution in [2.45, 2.75) is 19.9 Å². The Kier molecular flexibility index (Phi) is 4.60. The van der Waals surface area contributed by atoms with E-state index in [1.807, 2.05) is 50.2 Å². The van der Waals surface area contributed by atoms with Crippen LogP contribution in [0.5, 0.6) is 5.75 Å². The Labute approximate surface area is 124 Å². The lowest BCUT2D eigenvalue weighted by Gasteiger charge is -2.15. The molecule has 0 spiro atoms. The molecule has 4 heteroatoms. The van der Waals surface area contributed by atoms with Gasteiger partial charge in [0, 0.05) is 5.69 Å². The lowest BCUT2D eigenvalue weighted by atomic mass is 10.0. The van der Waals surface area contributed by atoms with Crippen molar-refractivity contribution in [2.24, 2.45) is 5.73 Å². The average molecular weight is 284 g/mol. The minimum Gasteiger partial charge on any atom is -0.497 e. The maximum Gasteiger partial charge on any atom is 0.245 e. The highest BCUT2D eigenvalue weighted by molar-refractivity contribution is 5.96. The first kappa shape index (κ1) is 15.1. The molecule has 0 fully saturated rings. The maximum absolute atomic E-state index is 12.2. The van der Waals surface area contributed by atoms with Crippen molar-refractivity contribution in [1.82, 2.24) is 0 Å². The summed E-state index contributed by atoms with van der Waals surface area (Å²) >= 11 is 0. The van der Waals surface area contributed by atoms with Gasteiger partial charge in [0.2, 0.25) is 5.91 Å². The molecule has 110 valence electrons. The smallest absolute Gasteiger partial charge is 0.245 e. The predicted octanol–water partition coefficient (Wildman–Crippen LogP) is 2.95. The Hall–Kier alpha value is -2.33. The summed E-state index contributed by atoms with van der Waals surface area (Å²) in [6.07, 6.45) is 0. The van der Waals surface area contributed by atoms with E-state index >= 15 is 0 Å². The summed E-state index contributed by atoms with van der Waals surface area (Å²) in [5.41, 5.74) is 9.61. The minimum atomic E-state index is -0.688. The van der Waals surface area contributed by atoms with Crippen molar-refractivity contribution in [1.29, 1.82) is 0 Å². The van der Waals surface area contributed by atoms with Gasteiger partial charge < -0.3 is 15.8 Å². The molecule has 0 aromatic heterocycles. The van der Waals surface area contributed by atoms with Crippen LogP contribution in [0.25, 0.3) is 0 Å². The molecule has 0 aliphatic carbocycles. The van der Waals surface area contributed by atoms with Crippen molar-refractivity contribution in [3.63, 3.8) is 0 Å². The number of hydrogen-bond acceptors (Lipinski definition) is 3. The SMILES string of the molecule is COc1ccc(NC(=O)C(N)c2ccc(C)cc2)c(C)c1. The number of carbonyl (C=O) groups excluding carboxylic acids is 1. The third-order valence-electron chi connectivity index (χ3n) is 3.41. The van der Waals surface area contributed by atoms with Crippen molar-refractivity contribution in [3.8, 4) is 5.75 Å².